The number of nitrogens with two attached hydrogens (primary N) is 1. The van der Waals surface area contributed by atoms with Crippen molar-refractivity contribution < 1.29 is 27.8 Å². The lowest BCUT2D eigenvalue weighted by Gasteiger charge is -2.13. The molecule has 8 heteroatoms. The molecule has 19 heavy (non-hydrogen) atoms. The van der Waals surface area contributed by atoms with E-state index >= 15 is 0 Å². The molecule has 0 amide bonds. The lowest BCUT2D eigenvalue weighted by Crippen LogP contribution is -2.20. The molecule has 0 atom stereocenters. The first-order valence-corrected chi connectivity index (χ1v) is 5.31. The van der Waals surface area contributed by atoms with Crippen LogP contribution in [0, 0.1) is 0 Å². The Morgan fingerprint density at radius 2 is 2.11 bits per heavy atom. The van der Waals surface area contributed by atoms with Crippen LogP contribution < -0.4 is 11.1 Å². The van der Waals surface area contributed by atoms with Crippen molar-refractivity contribution in [1.82, 2.24) is 0 Å². The number of nitrogen functional groups attached to an aromatic ring is 1. The highest BCUT2D eigenvalue weighted by Crippen LogP contribution is 2.23. The third-order valence-electron chi connectivity index (χ3n) is 2.14. The topological polar surface area (TPSA) is 84.6 Å². The average molecular weight is 278 g/mol. The Balaban J connectivity index is 2.52. The van der Waals surface area contributed by atoms with Crippen molar-refractivity contribution in [2.45, 2.75) is 6.18 Å². The molecule has 1 aromatic carbocycles. The number of hydrogen-bond acceptors (Lipinski definition) is 4. The number of alkyl halides is 3. The van der Waals surface area contributed by atoms with E-state index in [0.717, 1.165) is 0 Å². The Labute approximate surface area is 107 Å². The minimum absolute atomic E-state index is 0.0184. The second-order valence-electron chi connectivity index (χ2n) is 3.67. The van der Waals surface area contributed by atoms with E-state index in [9.17, 15) is 18.0 Å². The van der Waals surface area contributed by atoms with Gasteiger partial charge in [0, 0.05) is 6.54 Å². The number of aromatic carboxylic acids is 1. The summed E-state index contributed by atoms with van der Waals surface area (Å²) in [6.45, 7) is -1.54. The zero-order chi connectivity index (χ0) is 14.5. The SMILES string of the molecule is Nc1cccc(C(=O)O)c1NCCOCC(F)(F)F. The van der Waals surface area contributed by atoms with Crippen LogP contribution in [0.15, 0.2) is 18.2 Å². The molecule has 0 aliphatic heterocycles. The number of rotatable bonds is 6. The molecule has 0 radical (unpaired) electrons. The number of benzene rings is 1. The lowest BCUT2D eigenvalue weighted by molar-refractivity contribution is -0.172. The number of carboxylic acids is 1. The van der Waals surface area contributed by atoms with Gasteiger partial charge in [-0.2, -0.15) is 13.2 Å². The maximum atomic E-state index is 11.8. The van der Waals surface area contributed by atoms with Crippen LogP contribution in [0.1, 0.15) is 10.4 Å². The molecule has 0 bridgehead atoms. The summed E-state index contributed by atoms with van der Waals surface area (Å²) in [6.07, 6.45) is -4.38. The third-order valence-corrected chi connectivity index (χ3v) is 2.14. The number of halogens is 3. The van der Waals surface area contributed by atoms with Crippen LogP contribution in [-0.4, -0.2) is 37.0 Å². The largest absolute Gasteiger partial charge is 0.478 e. The highest BCUT2D eigenvalue weighted by Gasteiger charge is 2.27. The molecule has 5 nitrogen and oxygen atoms in total. The van der Waals surface area contributed by atoms with Gasteiger partial charge in [-0.3, -0.25) is 0 Å². The maximum absolute atomic E-state index is 11.8. The van der Waals surface area contributed by atoms with Crippen LogP contribution in [0.4, 0.5) is 24.5 Å². The molecule has 0 aliphatic rings. The Bertz CT molecular complexity index is 449. The Kier molecular flexibility index (Phi) is 4.99. The molecule has 1 rings (SSSR count). The van der Waals surface area contributed by atoms with Crippen LogP contribution in [0.2, 0.25) is 0 Å². The fourth-order valence-corrected chi connectivity index (χ4v) is 1.38. The average Bonchev–Trinajstić information content (AvgIpc) is 2.28. The van der Waals surface area contributed by atoms with E-state index in [2.05, 4.69) is 10.1 Å². The molecule has 1 aromatic rings. The van der Waals surface area contributed by atoms with E-state index in [1.165, 1.54) is 18.2 Å². The van der Waals surface area contributed by atoms with Gasteiger partial charge in [0.2, 0.25) is 0 Å². The molecule has 0 aliphatic carbocycles. The van der Waals surface area contributed by atoms with Crippen molar-refractivity contribution in [1.29, 1.82) is 0 Å². The minimum Gasteiger partial charge on any atom is -0.478 e. The maximum Gasteiger partial charge on any atom is 0.411 e. The molecule has 0 aromatic heterocycles. The first kappa shape index (κ1) is 15.1. The van der Waals surface area contributed by atoms with Gasteiger partial charge in [-0.05, 0) is 12.1 Å². The van der Waals surface area contributed by atoms with Gasteiger partial charge in [0.25, 0.3) is 0 Å². The molecular formula is C11H13F3N2O3. The molecule has 0 saturated carbocycles. The van der Waals surface area contributed by atoms with Crippen molar-refractivity contribution in [2.24, 2.45) is 0 Å². The first-order valence-electron chi connectivity index (χ1n) is 5.31. The minimum atomic E-state index is -4.38. The Morgan fingerprint density at radius 1 is 1.42 bits per heavy atom. The number of carbonyl (C=O) groups is 1. The van der Waals surface area contributed by atoms with Crippen LogP contribution in [0.5, 0.6) is 0 Å². The lowest BCUT2D eigenvalue weighted by atomic mass is 10.1. The summed E-state index contributed by atoms with van der Waals surface area (Å²) < 4.78 is 39.8. The third kappa shape index (κ3) is 5.04. The van der Waals surface area contributed by atoms with Crippen molar-refractivity contribution >= 4 is 17.3 Å². The fourth-order valence-electron chi connectivity index (χ4n) is 1.38. The van der Waals surface area contributed by atoms with Gasteiger partial charge in [-0.1, -0.05) is 6.07 Å². The number of para-hydroxylation sites is 1. The second-order valence-corrected chi connectivity index (χ2v) is 3.67. The number of hydrogen-bond donors (Lipinski definition) is 3. The smallest absolute Gasteiger partial charge is 0.411 e. The molecule has 0 saturated heterocycles. The summed E-state index contributed by atoms with van der Waals surface area (Å²) in [5.41, 5.74) is 5.93. The zero-order valence-electron chi connectivity index (χ0n) is 9.83. The first-order chi connectivity index (χ1) is 8.81. The predicted octanol–water partition coefficient (Wildman–Crippen LogP) is 1.96. The van der Waals surface area contributed by atoms with E-state index < -0.39 is 18.8 Å². The van der Waals surface area contributed by atoms with Gasteiger partial charge in [-0.25, -0.2) is 4.79 Å². The van der Waals surface area contributed by atoms with Gasteiger partial charge >= 0.3 is 12.1 Å². The van der Waals surface area contributed by atoms with E-state index in [4.69, 9.17) is 10.8 Å². The molecule has 0 heterocycles. The molecule has 0 fully saturated rings. The Morgan fingerprint density at radius 3 is 2.68 bits per heavy atom. The van der Waals surface area contributed by atoms with E-state index in [0.29, 0.717) is 0 Å². The van der Waals surface area contributed by atoms with E-state index in [1.54, 1.807) is 0 Å². The van der Waals surface area contributed by atoms with Crippen molar-refractivity contribution in [3.8, 4) is 0 Å². The van der Waals surface area contributed by atoms with Gasteiger partial charge in [0.1, 0.15) is 6.61 Å². The number of carboxylic acid groups (broad SMARTS) is 1. The van der Waals surface area contributed by atoms with Gasteiger partial charge in [0.05, 0.1) is 23.5 Å². The monoisotopic (exact) mass is 278 g/mol. The molecule has 0 unspecified atom stereocenters. The standard InChI is InChI=1S/C11H13F3N2O3/c12-11(13,14)6-19-5-4-16-9-7(10(17)18)2-1-3-8(9)15/h1-3,16H,4-6,15H2,(H,17,18). The highest BCUT2D eigenvalue weighted by atomic mass is 19.4. The molecule has 4 N–H and O–H groups in total. The van der Waals surface area contributed by atoms with Crippen LogP contribution in [0.25, 0.3) is 0 Å². The van der Waals surface area contributed by atoms with E-state index in [1.807, 2.05) is 0 Å². The summed E-state index contributed by atoms with van der Waals surface area (Å²) >= 11 is 0. The van der Waals surface area contributed by atoms with Gasteiger partial charge in [0.15, 0.2) is 0 Å². The Hall–Kier alpha value is -1.96. The van der Waals surface area contributed by atoms with Gasteiger partial charge < -0.3 is 20.9 Å². The van der Waals surface area contributed by atoms with Crippen molar-refractivity contribution in [2.75, 3.05) is 30.8 Å². The molecule has 0 spiro atoms. The van der Waals surface area contributed by atoms with Gasteiger partial charge in [-0.15, -0.1) is 0 Å². The summed E-state index contributed by atoms with van der Waals surface area (Å²) in [7, 11) is 0. The molecular weight excluding hydrogens is 265 g/mol. The summed E-state index contributed by atoms with van der Waals surface area (Å²) in [4.78, 5) is 10.9. The van der Waals surface area contributed by atoms with Crippen LogP contribution >= 0.6 is 0 Å². The van der Waals surface area contributed by atoms with Crippen LogP contribution in [-0.2, 0) is 4.74 Å². The van der Waals surface area contributed by atoms with Crippen molar-refractivity contribution in [3.63, 3.8) is 0 Å². The van der Waals surface area contributed by atoms with Crippen LogP contribution in [0.3, 0.4) is 0 Å². The summed E-state index contributed by atoms with van der Waals surface area (Å²) in [5, 5.41) is 11.6. The predicted molar refractivity (Wildman–Crippen MR) is 63.2 cm³/mol. The number of nitrogens with one attached hydrogen (secondary N) is 1. The molecule has 106 valence electrons. The van der Waals surface area contributed by atoms with Crippen molar-refractivity contribution in [3.05, 3.63) is 23.8 Å². The summed E-state index contributed by atoms with van der Waals surface area (Å²) in [5.74, 6) is -1.17. The normalized spacial score (nSPS) is 11.3. The summed E-state index contributed by atoms with van der Waals surface area (Å²) in [6, 6.07) is 4.31. The second kappa shape index (κ2) is 6.28. The quantitative estimate of drug-likeness (QED) is 0.547. The number of anilines is 2. The number of ether oxygens (including phenoxy) is 1. The highest BCUT2D eigenvalue weighted by molar-refractivity contribution is 5.97. The van der Waals surface area contributed by atoms with E-state index in [-0.39, 0.29) is 30.1 Å². The zero-order valence-corrected chi connectivity index (χ0v) is 9.83. The fraction of sp³-hybridized carbons (Fsp3) is 0.364.